The molecule has 1 rings (SSSR count). The predicted octanol–water partition coefficient (Wildman–Crippen LogP) is 1.57. The maximum absolute atomic E-state index is 9.66. The lowest BCUT2D eigenvalue weighted by atomic mass is 9.92. The first-order valence-electron chi connectivity index (χ1n) is 5.63. The quantitative estimate of drug-likeness (QED) is 0.656. The molecule has 0 saturated heterocycles. The Morgan fingerprint density at radius 1 is 1.29 bits per heavy atom. The average Bonchev–Trinajstić information content (AvgIpc) is 2.20. The first kappa shape index (κ1) is 11.5. The van der Waals surface area contributed by atoms with Gasteiger partial charge in [0.05, 0.1) is 12.2 Å². The molecule has 0 bridgehead atoms. The molecule has 14 heavy (non-hydrogen) atoms. The van der Waals surface area contributed by atoms with Crippen LogP contribution in [0.1, 0.15) is 44.9 Å². The van der Waals surface area contributed by atoms with Crippen LogP contribution in [0.15, 0.2) is 0 Å². The van der Waals surface area contributed by atoms with Gasteiger partial charge in [-0.15, -0.1) is 0 Å². The van der Waals surface area contributed by atoms with Gasteiger partial charge in [0, 0.05) is 12.5 Å². The van der Waals surface area contributed by atoms with Crippen molar-refractivity contribution >= 4 is 0 Å². The highest BCUT2D eigenvalue weighted by Crippen LogP contribution is 2.18. The van der Waals surface area contributed by atoms with Gasteiger partial charge in [0.1, 0.15) is 0 Å². The van der Waals surface area contributed by atoms with E-state index in [9.17, 15) is 5.11 Å². The van der Waals surface area contributed by atoms with Crippen LogP contribution in [-0.4, -0.2) is 23.8 Å². The minimum Gasteiger partial charge on any atom is -0.392 e. The summed E-state index contributed by atoms with van der Waals surface area (Å²) in [7, 11) is 0. The molecule has 1 aliphatic carbocycles. The third kappa shape index (κ3) is 4.08. The molecule has 0 amide bonds. The fourth-order valence-corrected chi connectivity index (χ4v) is 1.97. The number of unbranched alkanes of at least 4 members (excludes halogenated alkanes) is 2. The molecule has 80 valence electrons. The van der Waals surface area contributed by atoms with Crippen LogP contribution in [0.25, 0.3) is 0 Å². The molecule has 1 aliphatic rings. The van der Waals surface area contributed by atoms with Gasteiger partial charge in [-0.25, -0.2) is 0 Å². The Hall–Kier alpha value is -0.590. The molecule has 2 N–H and O–H groups in total. The monoisotopic (exact) mass is 196 g/mol. The number of rotatable bonds is 5. The molecule has 2 unspecified atom stereocenters. The van der Waals surface area contributed by atoms with E-state index in [2.05, 4.69) is 11.4 Å². The van der Waals surface area contributed by atoms with Gasteiger partial charge >= 0.3 is 0 Å². The summed E-state index contributed by atoms with van der Waals surface area (Å²) in [5.74, 6) is 0. The van der Waals surface area contributed by atoms with Crippen LogP contribution in [0.5, 0.6) is 0 Å². The zero-order valence-corrected chi connectivity index (χ0v) is 8.71. The van der Waals surface area contributed by atoms with E-state index in [0.29, 0.717) is 12.5 Å². The van der Waals surface area contributed by atoms with Gasteiger partial charge in [-0.1, -0.05) is 12.8 Å². The Morgan fingerprint density at radius 2 is 2.07 bits per heavy atom. The maximum atomic E-state index is 9.66. The molecular formula is C11H20N2O. The summed E-state index contributed by atoms with van der Waals surface area (Å²) >= 11 is 0. The largest absolute Gasteiger partial charge is 0.392 e. The second kappa shape index (κ2) is 6.80. The summed E-state index contributed by atoms with van der Waals surface area (Å²) in [6.07, 6.45) is 6.92. The number of nitrogens with zero attached hydrogens (tertiary/aromatic N) is 1. The highest BCUT2D eigenvalue weighted by atomic mass is 16.3. The zero-order valence-electron chi connectivity index (χ0n) is 8.71. The number of aliphatic hydroxyl groups is 1. The van der Waals surface area contributed by atoms with Crippen molar-refractivity contribution in [3.63, 3.8) is 0 Å². The lowest BCUT2D eigenvalue weighted by Gasteiger charge is -2.28. The molecule has 0 aromatic heterocycles. The Balaban J connectivity index is 2.02. The van der Waals surface area contributed by atoms with Gasteiger partial charge in [-0.3, -0.25) is 0 Å². The van der Waals surface area contributed by atoms with Crippen molar-refractivity contribution in [3.8, 4) is 6.07 Å². The van der Waals surface area contributed by atoms with Crippen molar-refractivity contribution in [2.75, 3.05) is 6.54 Å². The maximum Gasteiger partial charge on any atom is 0.0693 e. The van der Waals surface area contributed by atoms with Gasteiger partial charge in [0.2, 0.25) is 0 Å². The number of aliphatic hydroxyl groups excluding tert-OH is 1. The Morgan fingerprint density at radius 3 is 2.79 bits per heavy atom. The fourth-order valence-electron chi connectivity index (χ4n) is 1.97. The van der Waals surface area contributed by atoms with E-state index >= 15 is 0 Å². The minimum absolute atomic E-state index is 0.153. The number of hydrogen-bond acceptors (Lipinski definition) is 3. The second-order valence-electron chi connectivity index (χ2n) is 4.03. The zero-order chi connectivity index (χ0) is 10.2. The normalized spacial score (nSPS) is 27.1. The molecule has 0 spiro atoms. The second-order valence-corrected chi connectivity index (χ2v) is 4.03. The van der Waals surface area contributed by atoms with Gasteiger partial charge in [-0.2, -0.15) is 5.26 Å². The van der Waals surface area contributed by atoms with Crippen molar-refractivity contribution in [3.05, 3.63) is 0 Å². The van der Waals surface area contributed by atoms with E-state index in [4.69, 9.17) is 5.26 Å². The molecule has 3 nitrogen and oxygen atoms in total. The van der Waals surface area contributed by atoms with E-state index in [1.165, 1.54) is 6.42 Å². The van der Waals surface area contributed by atoms with Crippen LogP contribution in [0, 0.1) is 11.3 Å². The molecule has 0 radical (unpaired) electrons. The molecule has 0 aromatic carbocycles. The van der Waals surface area contributed by atoms with Crippen LogP contribution in [-0.2, 0) is 0 Å². The van der Waals surface area contributed by atoms with Gasteiger partial charge in [0.25, 0.3) is 0 Å². The van der Waals surface area contributed by atoms with Crippen LogP contribution in [0.3, 0.4) is 0 Å². The van der Waals surface area contributed by atoms with Crippen molar-refractivity contribution in [2.45, 2.75) is 57.1 Å². The molecular weight excluding hydrogens is 176 g/mol. The van der Waals surface area contributed by atoms with Crippen LogP contribution in [0.4, 0.5) is 0 Å². The van der Waals surface area contributed by atoms with E-state index in [1.807, 2.05) is 0 Å². The summed E-state index contributed by atoms with van der Waals surface area (Å²) in [5.41, 5.74) is 0. The SMILES string of the molecule is N#CCCCCNC1CCCCC1O. The lowest BCUT2D eigenvalue weighted by Crippen LogP contribution is -2.42. The first-order chi connectivity index (χ1) is 6.84. The number of hydrogen-bond donors (Lipinski definition) is 2. The highest BCUT2D eigenvalue weighted by Gasteiger charge is 2.21. The molecule has 1 fully saturated rings. The average molecular weight is 196 g/mol. The van der Waals surface area contributed by atoms with E-state index < -0.39 is 0 Å². The molecule has 2 atom stereocenters. The van der Waals surface area contributed by atoms with Crippen molar-refractivity contribution in [1.82, 2.24) is 5.32 Å². The van der Waals surface area contributed by atoms with Gasteiger partial charge in [-0.05, 0) is 32.2 Å². The van der Waals surface area contributed by atoms with Crippen LogP contribution >= 0.6 is 0 Å². The minimum atomic E-state index is -0.153. The third-order valence-electron chi connectivity index (χ3n) is 2.85. The van der Waals surface area contributed by atoms with Crippen molar-refractivity contribution < 1.29 is 5.11 Å². The summed E-state index contributed by atoms with van der Waals surface area (Å²) in [5, 5.41) is 21.4. The van der Waals surface area contributed by atoms with E-state index in [-0.39, 0.29) is 6.10 Å². The molecule has 0 heterocycles. The summed E-state index contributed by atoms with van der Waals surface area (Å²) in [4.78, 5) is 0. The first-order valence-corrected chi connectivity index (χ1v) is 5.63. The van der Waals surface area contributed by atoms with Crippen LogP contribution in [0.2, 0.25) is 0 Å². The number of nitrogens with one attached hydrogen (secondary N) is 1. The fraction of sp³-hybridized carbons (Fsp3) is 0.909. The predicted molar refractivity (Wildman–Crippen MR) is 55.7 cm³/mol. The number of nitriles is 1. The van der Waals surface area contributed by atoms with E-state index in [1.54, 1.807) is 0 Å². The highest BCUT2D eigenvalue weighted by molar-refractivity contribution is 4.80. The Bertz CT molecular complexity index is 188. The molecule has 0 aliphatic heterocycles. The molecule has 3 heteroatoms. The van der Waals surface area contributed by atoms with Crippen molar-refractivity contribution in [1.29, 1.82) is 5.26 Å². The summed E-state index contributed by atoms with van der Waals surface area (Å²) in [6, 6.07) is 2.43. The molecule has 0 aromatic rings. The van der Waals surface area contributed by atoms with Gasteiger partial charge in [0.15, 0.2) is 0 Å². The Kier molecular flexibility index (Phi) is 5.58. The topological polar surface area (TPSA) is 56.0 Å². The van der Waals surface area contributed by atoms with Gasteiger partial charge < -0.3 is 10.4 Å². The van der Waals surface area contributed by atoms with Crippen molar-refractivity contribution in [2.24, 2.45) is 0 Å². The third-order valence-corrected chi connectivity index (χ3v) is 2.85. The summed E-state index contributed by atoms with van der Waals surface area (Å²) < 4.78 is 0. The van der Waals surface area contributed by atoms with Crippen LogP contribution < -0.4 is 5.32 Å². The lowest BCUT2D eigenvalue weighted by molar-refractivity contribution is 0.0910. The molecule has 1 saturated carbocycles. The Labute approximate surface area is 86.1 Å². The van der Waals surface area contributed by atoms with E-state index in [0.717, 1.165) is 38.6 Å². The summed E-state index contributed by atoms with van der Waals surface area (Å²) in [6.45, 7) is 0.934. The smallest absolute Gasteiger partial charge is 0.0693 e. The standard InChI is InChI=1S/C11H20N2O/c12-8-4-1-5-9-13-10-6-2-3-7-11(10)14/h10-11,13-14H,1-7,9H2.